The van der Waals surface area contributed by atoms with Gasteiger partial charge in [-0.15, -0.1) is 0 Å². The molecule has 0 spiro atoms. The van der Waals surface area contributed by atoms with Crippen LogP contribution in [0.15, 0.2) is 84.9 Å². The maximum absolute atomic E-state index is 13.6. The molecule has 4 rings (SSSR count). The van der Waals surface area contributed by atoms with Crippen molar-refractivity contribution in [3.63, 3.8) is 0 Å². The van der Waals surface area contributed by atoms with Crippen LogP contribution in [0.1, 0.15) is 33.7 Å². The molecule has 1 heterocycles. The molecule has 3 N–H and O–H groups in total. The minimum Gasteiger partial charge on any atom is -0.369 e. The number of aryl methyl sites for hydroxylation is 1. The number of carbonyl (C=O) groups is 1. The van der Waals surface area contributed by atoms with E-state index in [0.717, 1.165) is 16.7 Å². The van der Waals surface area contributed by atoms with Crippen molar-refractivity contribution in [1.29, 1.82) is 5.26 Å². The highest BCUT2D eigenvalue weighted by Crippen LogP contribution is 2.32. The van der Waals surface area contributed by atoms with Gasteiger partial charge in [0.05, 0.1) is 23.2 Å². The molecule has 0 bridgehead atoms. The Bertz CT molecular complexity index is 1390. The van der Waals surface area contributed by atoms with Gasteiger partial charge >= 0.3 is 0 Å². The second kappa shape index (κ2) is 10.6. The zero-order valence-electron chi connectivity index (χ0n) is 19.3. The summed E-state index contributed by atoms with van der Waals surface area (Å²) < 4.78 is 13.6. The summed E-state index contributed by atoms with van der Waals surface area (Å²) in [6, 6.07) is 27.1. The van der Waals surface area contributed by atoms with Gasteiger partial charge in [0.2, 0.25) is 5.91 Å². The van der Waals surface area contributed by atoms with Crippen molar-refractivity contribution in [2.75, 3.05) is 11.9 Å². The SMILES string of the molecule is Cc1ccc(C(C(N)=O)c2ccc(-c3ccccc3C#N)nc2NCCc2cccc(F)c2)cc1. The van der Waals surface area contributed by atoms with Gasteiger partial charge in [0, 0.05) is 17.7 Å². The first kappa shape index (κ1) is 23.7. The lowest BCUT2D eigenvalue weighted by molar-refractivity contribution is -0.118. The minimum atomic E-state index is -0.708. The van der Waals surface area contributed by atoms with Gasteiger partial charge in [-0.25, -0.2) is 9.37 Å². The molecular formula is C29H25FN4O. The Balaban J connectivity index is 1.74. The fourth-order valence-corrected chi connectivity index (χ4v) is 4.07. The zero-order valence-corrected chi connectivity index (χ0v) is 19.3. The van der Waals surface area contributed by atoms with Crippen molar-refractivity contribution >= 4 is 11.7 Å². The number of nitrogens with two attached hydrogens (primary N) is 1. The summed E-state index contributed by atoms with van der Waals surface area (Å²) >= 11 is 0. The normalized spacial score (nSPS) is 11.5. The number of pyridine rings is 1. The van der Waals surface area contributed by atoms with E-state index in [2.05, 4.69) is 11.4 Å². The fraction of sp³-hybridized carbons (Fsp3) is 0.138. The van der Waals surface area contributed by atoms with E-state index in [1.165, 1.54) is 12.1 Å². The zero-order chi connectivity index (χ0) is 24.8. The molecule has 0 saturated heterocycles. The van der Waals surface area contributed by atoms with Crippen molar-refractivity contribution in [2.45, 2.75) is 19.3 Å². The van der Waals surface area contributed by atoms with Gasteiger partial charge in [0.25, 0.3) is 0 Å². The Kier molecular flexibility index (Phi) is 7.18. The highest BCUT2D eigenvalue weighted by molar-refractivity contribution is 5.87. The number of benzene rings is 3. The summed E-state index contributed by atoms with van der Waals surface area (Å²) in [4.78, 5) is 17.4. The van der Waals surface area contributed by atoms with Crippen LogP contribution in [-0.2, 0) is 11.2 Å². The molecule has 0 aliphatic rings. The van der Waals surface area contributed by atoms with Crippen molar-refractivity contribution in [3.8, 4) is 17.3 Å². The van der Waals surface area contributed by atoms with E-state index in [1.54, 1.807) is 24.3 Å². The molecular weight excluding hydrogens is 439 g/mol. The number of nitrogens with one attached hydrogen (secondary N) is 1. The van der Waals surface area contributed by atoms with E-state index in [4.69, 9.17) is 10.7 Å². The number of aromatic nitrogens is 1. The Morgan fingerprint density at radius 2 is 1.83 bits per heavy atom. The summed E-state index contributed by atoms with van der Waals surface area (Å²) in [5.74, 6) is -0.991. The second-order valence-electron chi connectivity index (χ2n) is 8.34. The maximum Gasteiger partial charge on any atom is 0.229 e. The van der Waals surface area contributed by atoms with Crippen LogP contribution in [0.4, 0.5) is 10.2 Å². The summed E-state index contributed by atoms with van der Waals surface area (Å²) in [6.07, 6.45) is 0.559. The number of primary amides is 1. The average Bonchev–Trinajstić information content (AvgIpc) is 2.86. The number of hydrogen-bond donors (Lipinski definition) is 2. The molecule has 35 heavy (non-hydrogen) atoms. The standard InChI is InChI=1S/C29H25FN4O/c1-19-9-11-21(12-10-19)27(28(32)35)25-13-14-26(24-8-3-2-6-22(24)18-31)34-29(25)33-16-15-20-5-4-7-23(30)17-20/h2-14,17,27H,15-16H2,1H3,(H2,32,35)(H,33,34). The molecule has 1 aromatic heterocycles. The molecule has 4 aromatic rings. The van der Waals surface area contributed by atoms with E-state index >= 15 is 0 Å². The number of nitrogens with zero attached hydrogens (tertiary/aromatic N) is 2. The molecule has 1 unspecified atom stereocenters. The van der Waals surface area contributed by atoms with Crippen molar-refractivity contribution < 1.29 is 9.18 Å². The van der Waals surface area contributed by atoms with E-state index in [0.29, 0.717) is 41.2 Å². The van der Waals surface area contributed by atoms with Gasteiger partial charge in [0.15, 0.2) is 0 Å². The fourth-order valence-electron chi connectivity index (χ4n) is 4.07. The number of hydrogen-bond acceptors (Lipinski definition) is 4. The summed E-state index contributed by atoms with van der Waals surface area (Å²) in [5, 5.41) is 12.9. The van der Waals surface area contributed by atoms with Crippen LogP contribution < -0.4 is 11.1 Å². The lowest BCUT2D eigenvalue weighted by Crippen LogP contribution is -2.24. The van der Waals surface area contributed by atoms with Crippen LogP contribution in [-0.4, -0.2) is 17.4 Å². The first-order valence-electron chi connectivity index (χ1n) is 11.3. The number of carbonyl (C=O) groups excluding carboxylic acids is 1. The molecule has 3 aromatic carbocycles. The molecule has 174 valence electrons. The molecule has 5 nitrogen and oxygen atoms in total. The second-order valence-corrected chi connectivity index (χ2v) is 8.34. The van der Waals surface area contributed by atoms with Crippen molar-refractivity contribution in [1.82, 2.24) is 4.98 Å². The number of halogens is 1. The molecule has 6 heteroatoms. The predicted octanol–water partition coefficient (Wildman–Crippen LogP) is 5.34. The number of anilines is 1. The molecule has 1 amide bonds. The number of rotatable bonds is 8. The van der Waals surface area contributed by atoms with Gasteiger partial charge in [-0.05, 0) is 48.7 Å². The maximum atomic E-state index is 13.6. The summed E-state index contributed by atoms with van der Waals surface area (Å²) in [7, 11) is 0. The third-order valence-corrected chi connectivity index (χ3v) is 5.85. The topological polar surface area (TPSA) is 91.8 Å². The molecule has 1 atom stereocenters. The van der Waals surface area contributed by atoms with Crippen LogP contribution in [0.3, 0.4) is 0 Å². The van der Waals surface area contributed by atoms with Gasteiger partial charge in [-0.2, -0.15) is 5.26 Å². The van der Waals surface area contributed by atoms with Gasteiger partial charge < -0.3 is 11.1 Å². The molecule has 0 fully saturated rings. The Labute approximate surface area is 204 Å². The van der Waals surface area contributed by atoms with E-state index in [9.17, 15) is 14.4 Å². The van der Waals surface area contributed by atoms with Crippen LogP contribution in [0.5, 0.6) is 0 Å². The van der Waals surface area contributed by atoms with Crippen LogP contribution in [0.2, 0.25) is 0 Å². The number of amides is 1. The number of nitriles is 1. The lowest BCUT2D eigenvalue weighted by atomic mass is 9.89. The van der Waals surface area contributed by atoms with Gasteiger partial charge in [-0.3, -0.25) is 4.79 Å². The highest BCUT2D eigenvalue weighted by Gasteiger charge is 2.25. The Morgan fingerprint density at radius 3 is 2.54 bits per heavy atom. The first-order valence-corrected chi connectivity index (χ1v) is 11.3. The third kappa shape index (κ3) is 5.53. The van der Waals surface area contributed by atoms with E-state index < -0.39 is 11.8 Å². The Hall–Kier alpha value is -4.50. The molecule has 0 aliphatic carbocycles. The van der Waals surface area contributed by atoms with Crippen molar-refractivity contribution in [3.05, 3.63) is 119 Å². The highest BCUT2D eigenvalue weighted by atomic mass is 19.1. The first-order chi connectivity index (χ1) is 17.0. The summed E-state index contributed by atoms with van der Waals surface area (Å²) in [5.41, 5.74) is 11.0. The van der Waals surface area contributed by atoms with Gasteiger partial charge in [0.1, 0.15) is 11.6 Å². The average molecular weight is 465 g/mol. The quantitative estimate of drug-likeness (QED) is 0.368. The van der Waals surface area contributed by atoms with E-state index in [1.807, 2.05) is 55.5 Å². The predicted molar refractivity (Wildman–Crippen MR) is 135 cm³/mol. The van der Waals surface area contributed by atoms with E-state index in [-0.39, 0.29) is 5.82 Å². The van der Waals surface area contributed by atoms with Gasteiger partial charge in [-0.1, -0.05) is 66.2 Å². The minimum absolute atomic E-state index is 0.287. The van der Waals surface area contributed by atoms with Crippen LogP contribution in [0, 0.1) is 24.1 Å². The van der Waals surface area contributed by atoms with Crippen LogP contribution >= 0.6 is 0 Å². The smallest absolute Gasteiger partial charge is 0.229 e. The lowest BCUT2D eigenvalue weighted by Gasteiger charge is -2.20. The molecule has 0 radical (unpaired) electrons. The molecule has 0 saturated carbocycles. The Morgan fingerprint density at radius 1 is 1.06 bits per heavy atom. The third-order valence-electron chi connectivity index (χ3n) is 5.85. The molecule has 0 aliphatic heterocycles. The van der Waals surface area contributed by atoms with Crippen molar-refractivity contribution in [2.24, 2.45) is 5.73 Å². The summed E-state index contributed by atoms with van der Waals surface area (Å²) in [6.45, 7) is 2.44. The largest absolute Gasteiger partial charge is 0.369 e. The van der Waals surface area contributed by atoms with Crippen LogP contribution in [0.25, 0.3) is 11.3 Å². The monoisotopic (exact) mass is 464 g/mol.